The fraction of sp³-hybridized carbons (Fsp3) is 0.450. The zero-order valence-corrected chi connectivity index (χ0v) is 17.9. The topological polar surface area (TPSA) is 97.9 Å². The number of hydrogen-bond donors (Lipinski definition) is 2. The van der Waals surface area contributed by atoms with Crippen LogP contribution in [0.5, 0.6) is 0 Å². The smallest absolute Gasteiger partial charge is 0.371 e. The van der Waals surface area contributed by atoms with Gasteiger partial charge in [0.25, 0.3) is 0 Å². The number of nitrogens with zero attached hydrogens (tertiary/aromatic N) is 7. The summed E-state index contributed by atoms with van der Waals surface area (Å²) in [4.78, 5) is 8.85. The number of hydrogen-bond acceptors (Lipinski definition) is 7. The highest BCUT2D eigenvalue weighted by Gasteiger charge is 2.35. The van der Waals surface area contributed by atoms with Gasteiger partial charge in [-0.3, -0.25) is 0 Å². The minimum atomic E-state index is -4.47. The van der Waals surface area contributed by atoms with E-state index in [2.05, 4.69) is 36.0 Å². The lowest BCUT2D eigenvalue weighted by Gasteiger charge is -2.28. The first-order chi connectivity index (χ1) is 16.1. The van der Waals surface area contributed by atoms with Crippen molar-refractivity contribution in [2.24, 2.45) is 0 Å². The van der Waals surface area contributed by atoms with Crippen molar-refractivity contribution in [3.63, 3.8) is 0 Å². The Morgan fingerprint density at radius 3 is 2.59 bits per heavy atom. The third-order valence-electron chi connectivity index (χ3n) is 5.76. The van der Waals surface area contributed by atoms with E-state index < -0.39 is 18.6 Å². The maximum Gasteiger partial charge on any atom is 0.408 e. The third kappa shape index (κ3) is 4.31. The number of fused-ring (bicyclic) bond motifs is 2. The summed E-state index contributed by atoms with van der Waals surface area (Å²) in [5, 5.41) is 17.9. The Kier molecular flexibility index (Phi) is 5.24. The Balaban J connectivity index is 1.49. The molecule has 0 aromatic carbocycles. The van der Waals surface area contributed by atoms with E-state index in [0.29, 0.717) is 40.1 Å². The molecule has 1 saturated carbocycles. The van der Waals surface area contributed by atoms with Gasteiger partial charge in [0.1, 0.15) is 17.6 Å². The second kappa shape index (κ2) is 8.02. The lowest BCUT2D eigenvalue weighted by atomic mass is 9.92. The van der Waals surface area contributed by atoms with E-state index in [0.717, 1.165) is 0 Å². The summed E-state index contributed by atoms with van der Waals surface area (Å²) >= 11 is 0. The van der Waals surface area contributed by atoms with Crippen LogP contribution in [0, 0.1) is 0 Å². The van der Waals surface area contributed by atoms with Gasteiger partial charge in [0.2, 0.25) is 11.9 Å². The first kappa shape index (κ1) is 22.2. The molecule has 0 unspecified atom stereocenters. The van der Waals surface area contributed by atoms with E-state index in [1.165, 1.54) is 0 Å². The van der Waals surface area contributed by atoms with Gasteiger partial charge in [0.05, 0.1) is 5.69 Å². The van der Waals surface area contributed by atoms with Gasteiger partial charge in [-0.2, -0.15) is 18.2 Å². The minimum Gasteiger partial charge on any atom is -0.371 e. The van der Waals surface area contributed by atoms with Crippen LogP contribution in [0.4, 0.5) is 33.7 Å². The fourth-order valence-corrected chi connectivity index (χ4v) is 4.11. The van der Waals surface area contributed by atoms with Gasteiger partial charge in [-0.05, 0) is 31.0 Å². The lowest BCUT2D eigenvalue weighted by molar-refractivity contribution is -0.142. The van der Waals surface area contributed by atoms with Gasteiger partial charge < -0.3 is 10.6 Å². The van der Waals surface area contributed by atoms with Crippen molar-refractivity contribution >= 4 is 28.4 Å². The Bertz CT molecular complexity index is 1330. The Labute approximate surface area is 189 Å². The molecule has 34 heavy (non-hydrogen) atoms. The Morgan fingerprint density at radius 1 is 1.12 bits per heavy atom. The highest BCUT2D eigenvalue weighted by Crippen LogP contribution is 2.35. The van der Waals surface area contributed by atoms with Crippen LogP contribution in [0.15, 0.2) is 24.4 Å². The predicted octanol–water partition coefficient (Wildman–Crippen LogP) is 4.13. The third-order valence-corrected chi connectivity index (χ3v) is 5.76. The number of anilines is 2. The van der Waals surface area contributed by atoms with Gasteiger partial charge in [-0.1, -0.05) is 5.21 Å². The quantitative estimate of drug-likeness (QED) is 0.414. The van der Waals surface area contributed by atoms with Crippen LogP contribution < -0.4 is 10.6 Å². The van der Waals surface area contributed by atoms with E-state index in [1.807, 2.05) is 0 Å². The van der Waals surface area contributed by atoms with E-state index in [-0.39, 0.29) is 36.0 Å². The molecule has 0 bridgehead atoms. The van der Waals surface area contributed by atoms with E-state index in [9.17, 15) is 22.0 Å². The summed E-state index contributed by atoms with van der Waals surface area (Å²) in [5.74, 6) is -1.90. The lowest BCUT2D eigenvalue weighted by Crippen LogP contribution is -2.32. The fourth-order valence-electron chi connectivity index (χ4n) is 4.11. The van der Waals surface area contributed by atoms with Crippen molar-refractivity contribution in [3.8, 4) is 11.3 Å². The molecule has 14 heteroatoms. The van der Waals surface area contributed by atoms with Crippen LogP contribution in [0.2, 0.25) is 0 Å². The normalized spacial score (nSPS) is 16.9. The van der Waals surface area contributed by atoms with Crippen LogP contribution in [0.3, 0.4) is 0 Å². The van der Waals surface area contributed by atoms with E-state index in [1.54, 1.807) is 36.0 Å². The maximum atomic E-state index is 13.4. The average molecular weight is 481 g/mol. The molecular weight excluding hydrogens is 461 g/mol. The molecular formula is C20H20F5N9. The highest BCUT2D eigenvalue weighted by molar-refractivity contribution is 5.89. The Hall–Kier alpha value is -3.58. The average Bonchev–Trinajstić information content (AvgIpc) is 3.37. The monoisotopic (exact) mass is 481 g/mol. The second-order valence-electron chi connectivity index (χ2n) is 8.23. The molecule has 0 radical (unpaired) electrons. The molecule has 0 saturated heterocycles. The molecule has 0 spiro atoms. The van der Waals surface area contributed by atoms with Gasteiger partial charge in [0.15, 0.2) is 11.5 Å². The number of pyridine rings is 1. The van der Waals surface area contributed by atoms with Crippen molar-refractivity contribution in [2.45, 2.75) is 50.4 Å². The molecule has 1 aliphatic rings. The maximum absolute atomic E-state index is 13.4. The molecule has 4 aromatic heterocycles. The number of halogens is 5. The van der Waals surface area contributed by atoms with Gasteiger partial charge in [-0.25, -0.2) is 23.0 Å². The molecule has 1 aliphatic carbocycles. The number of aromatic nitrogens is 7. The Morgan fingerprint density at radius 2 is 1.88 bits per heavy atom. The first-order valence-corrected chi connectivity index (χ1v) is 10.6. The summed E-state index contributed by atoms with van der Waals surface area (Å²) in [5.41, 5.74) is 1.80. The number of alkyl halides is 5. The number of nitrogens with one attached hydrogen (secondary N) is 2. The van der Waals surface area contributed by atoms with Crippen molar-refractivity contribution in [3.05, 3.63) is 24.4 Å². The molecule has 0 aliphatic heterocycles. The van der Waals surface area contributed by atoms with Crippen molar-refractivity contribution in [1.29, 1.82) is 0 Å². The molecule has 2 N–H and O–H groups in total. The second-order valence-corrected chi connectivity index (χ2v) is 8.23. The summed E-state index contributed by atoms with van der Waals surface area (Å²) in [6, 6.07) is 4.75. The zero-order chi connectivity index (χ0) is 24.1. The van der Waals surface area contributed by atoms with Gasteiger partial charge in [0, 0.05) is 37.7 Å². The van der Waals surface area contributed by atoms with Gasteiger partial charge in [-0.15, -0.1) is 10.2 Å². The molecule has 4 aromatic rings. The molecule has 180 valence electrons. The van der Waals surface area contributed by atoms with Crippen LogP contribution in [-0.2, 0) is 6.54 Å². The van der Waals surface area contributed by atoms with Crippen LogP contribution in [-0.4, -0.2) is 59.8 Å². The highest BCUT2D eigenvalue weighted by atomic mass is 19.4. The summed E-state index contributed by atoms with van der Waals surface area (Å²) < 4.78 is 67.8. The van der Waals surface area contributed by atoms with Crippen molar-refractivity contribution < 1.29 is 22.0 Å². The van der Waals surface area contributed by atoms with Crippen molar-refractivity contribution in [1.82, 2.24) is 34.6 Å². The minimum absolute atomic E-state index is 0.00786. The molecule has 5 rings (SSSR count). The molecule has 4 heterocycles. The number of rotatable bonds is 5. The standard InChI is InChI=1S/C20H20F5N9/c1-26-16-15-12(13-2-3-14-17(28-13)34(32-30-14)10-20(23,24)25)6-9-33(15)31-18(29-16)27-11-4-7-19(21,22)8-5-11/h2-3,6,9,11H,4-5,7-8,10H2,1H3,(H2,26,27,29,31). The summed E-state index contributed by atoms with van der Waals surface area (Å²) in [6.07, 6.45) is -2.55. The van der Waals surface area contributed by atoms with Crippen LogP contribution >= 0.6 is 0 Å². The van der Waals surface area contributed by atoms with E-state index in [4.69, 9.17) is 0 Å². The van der Waals surface area contributed by atoms with Crippen molar-refractivity contribution in [2.75, 3.05) is 17.7 Å². The summed E-state index contributed by atoms with van der Waals surface area (Å²) in [7, 11) is 1.67. The molecule has 1 fully saturated rings. The largest absolute Gasteiger partial charge is 0.408 e. The molecule has 9 nitrogen and oxygen atoms in total. The predicted molar refractivity (Wildman–Crippen MR) is 114 cm³/mol. The van der Waals surface area contributed by atoms with E-state index >= 15 is 0 Å². The van der Waals surface area contributed by atoms with Crippen LogP contribution in [0.1, 0.15) is 25.7 Å². The van der Waals surface area contributed by atoms with Gasteiger partial charge >= 0.3 is 6.18 Å². The van der Waals surface area contributed by atoms with Crippen LogP contribution in [0.25, 0.3) is 27.9 Å². The zero-order valence-electron chi connectivity index (χ0n) is 17.9. The molecule has 0 atom stereocenters. The molecule has 0 amide bonds. The first-order valence-electron chi connectivity index (χ1n) is 10.6. The summed E-state index contributed by atoms with van der Waals surface area (Å²) in [6.45, 7) is -1.30. The SMILES string of the molecule is CNc1nc(NC2CCC(F)(F)CC2)nn2ccc(-c3ccc4nnn(CC(F)(F)F)c4n3)c12.